The third-order valence-electron chi connectivity index (χ3n) is 4.69. The van der Waals surface area contributed by atoms with E-state index in [1.807, 2.05) is 24.3 Å². The molecule has 2 heteroatoms. The summed E-state index contributed by atoms with van der Waals surface area (Å²) in [6, 6.07) is 29.5. The second kappa shape index (κ2) is 6.93. The van der Waals surface area contributed by atoms with Gasteiger partial charge in [0.1, 0.15) is 11.5 Å². The van der Waals surface area contributed by atoms with E-state index in [4.69, 9.17) is 9.47 Å². The van der Waals surface area contributed by atoms with Crippen molar-refractivity contribution in [2.24, 2.45) is 0 Å². The summed E-state index contributed by atoms with van der Waals surface area (Å²) in [7, 11) is 3.37. The van der Waals surface area contributed by atoms with Crippen LogP contribution in [0.15, 0.2) is 84.9 Å². The van der Waals surface area contributed by atoms with Crippen molar-refractivity contribution in [3.8, 4) is 33.8 Å². The maximum Gasteiger partial charge on any atom is 0.118 e. The zero-order valence-corrected chi connectivity index (χ0v) is 14.9. The van der Waals surface area contributed by atoms with Crippen LogP contribution in [0.4, 0.5) is 0 Å². The van der Waals surface area contributed by atoms with Crippen molar-refractivity contribution in [3.63, 3.8) is 0 Å². The van der Waals surface area contributed by atoms with Crippen LogP contribution in [0.5, 0.6) is 11.5 Å². The van der Waals surface area contributed by atoms with E-state index in [0.29, 0.717) is 0 Å². The average Bonchev–Trinajstić information content (AvgIpc) is 2.73. The highest BCUT2D eigenvalue weighted by atomic mass is 16.5. The van der Waals surface area contributed by atoms with Crippen LogP contribution >= 0.6 is 0 Å². The van der Waals surface area contributed by atoms with Gasteiger partial charge in [0.05, 0.1) is 14.2 Å². The van der Waals surface area contributed by atoms with Gasteiger partial charge in [-0.15, -0.1) is 0 Å². The van der Waals surface area contributed by atoms with Gasteiger partial charge in [-0.05, 0) is 69.4 Å². The Morgan fingerprint density at radius 2 is 0.769 bits per heavy atom. The molecule has 2 nitrogen and oxygen atoms in total. The molecule has 0 aliphatic carbocycles. The van der Waals surface area contributed by atoms with Crippen LogP contribution in [0.1, 0.15) is 0 Å². The molecular weight excluding hydrogens is 320 g/mol. The summed E-state index contributed by atoms with van der Waals surface area (Å²) in [6.45, 7) is 0. The molecule has 4 aromatic carbocycles. The summed E-state index contributed by atoms with van der Waals surface area (Å²) < 4.78 is 10.5. The number of rotatable bonds is 4. The molecule has 0 amide bonds. The minimum atomic E-state index is 0.874. The van der Waals surface area contributed by atoms with Crippen molar-refractivity contribution in [3.05, 3.63) is 84.9 Å². The number of hydrogen-bond donors (Lipinski definition) is 0. The molecule has 0 saturated heterocycles. The van der Waals surface area contributed by atoms with Gasteiger partial charge in [0.25, 0.3) is 0 Å². The number of benzene rings is 4. The Morgan fingerprint density at radius 1 is 0.423 bits per heavy atom. The second-order valence-corrected chi connectivity index (χ2v) is 6.23. The maximum absolute atomic E-state index is 5.24. The van der Waals surface area contributed by atoms with E-state index in [9.17, 15) is 0 Å². The standard InChI is InChI=1S/C24H20O2/c1-25-23-11-7-17(8-12-23)19-3-5-22-16-20(4-6-21(22)15-19)18-9-13-24(26-2)14-10-18/h3-16H,1-2H3. The van der Waals surface area contributed by atoms with E-state index < -0.39 is 0 Å². The van der Waals surface area contributed by atoms with Crippen molar-refractivity contribution < 1.29 is 9.47 Å². The highest BCUT2D eigenvalue weighted by molar-refractivity contribution is 5.90. The van der Waals surface area contributed by atoms with Gasteiger partial charge in [0, 0.05) is 0 Å². The van der Waals surface area contributed by atoms with Crippen molar-refractivity contribution in [2.75, 3.05) is 14.2 Å². The Morgan fingerprint density at radius 3 is 1.12 bits per heavy atom. The van der Waals surface area contributed by atoms with E-state index in [0.717, 1.165) is 11.5 Å². The molecular formula is C24H20O2. The Bertz CT molecular complexity index is 945. The molecule has 0 fully saturated rings. The van der Waals surface area contributed by atoms with Crippen molar-refractivity contribution in [1.29, 1.82) is 0 Å². The summed E-state index contributed by atoms with van der Waals surface area (Å²) in [4.78, 5) is 0. The fraction of sp³-hybridized carbons (Fsp3) is 0.0833. The first-order chi connectivity index (χ1) is 12.8. The van der Waals surface area contributed by atoms with Crippen molar-refractivity contribution in [2.45, 2.75) is 0 Å². The van der Waals surface area contributed by atoms with Gasteiger partial charge in [-0.3, -0.25) is 0 Å². The quantitative estimate of drug-likeness (QED) is 0.441. The lowest BCUT2D eigenvalue weighted by Gasteiger charge is -2.08. The van der Waals surface area contributed by atoms with E-state index in [1.54, 1.807) is 14.2 Å². The summed E-state index contributed by atoms with van der Waals surface area (Å²) in [5.41, 5.74) is 4.79. The number of methoxy groups -OCH3 is 2. The number of fused-ring (bicyclic) bond motifs is 1. The second-order valence-electron chi connectivity index (χ2n) is 6.23. The molecule has 26 heavy (non-hydrogen) atoms. The van der Waals surface area contributed by atoms with Gasteiger partial charge in [0.15, 0.2) is 0 Å². The monoisotopic (exact) mass is 340 g/mol. The largest absolute Gasteiger partial charge is 0.497 e. The molecule has 0 unspecified atom stereocenters. The SMILES string of the molecule is COc1ccc(-c2ccc3cc(-c4ccc(OC)cc4)ccc3c2)cc1. The van der Waals surface area contributed by atoms with E-state index in [2.05, 4.69) is 60.7 Å². The minimum Gasteiger partial charge on any atom is -0.497 e. The van der Waals surface area contributed by atoms with Crippen molar-refractivity contribution in [1.82, 2.24) is 0 Å². The van der Waals surface area contributed by atoms with E-state index in [1.165, 1.54) is 33.0 Å². The molecule has 0 N–H and O–H groups in total. The first-order valence-electron chi connectivity index (χ1n) is 8.59. The molecule has 0 radical (unpaired) electrons. The molecule has 4 aromatic rings. The zero-order chi connectivity index (χ0) is 17.9. The van der Waals surface area contributed by atoms with E-state index in [-0.39, 0.29) is 0 Å². The van der Waals surface area contributed by atoms with Gasteiger partial charge >= 0.3 is 0 Å². The molecule has 0 aliphatic rings. The molecule has 0 atom stereocenters. The fourth-order valence-corrected chi connectivity index (χ4v) is 3.17. The smallest absolute Gasteiger partial charge is 0.118 e. The first kappa shape index (κ1) is 16.2. The highest BCUT2D eigenvalue weighted by Gasteiger charge is 2.04. The molecule has 0 heterocycles. The Kier molecular flexibility index (Phi) is 4.32. The summed E-state index contributed by atoms with van der Waals surface area (Å²) >= 11 is 0. The third kappa shape index (κ3) is 3.14. The molecule has 4 rings (SSSR count). The lowest BCUT2D eigenvalue weighted by atomic mass is 9.97. The third-order valence-corrected chi connectivity index (χ3v) is 4.69. The van der Waals surface area contributed by atoms with Crippen LogP contribution in [0.25, 0.3) is 33.0 Å². The van der Waals surface area contributed by atoms with Gasteiger partial charge in [-0.25, -0.2) is 0 Å². The molecule has 0 saturated carbocycles. The predicted octanol–water partition coefficient (Wildman–Crippen LogP) is 6.19. The van der Waals surface area contributed by atoms with Crippen LogP contribution in [0.3, 0.4) is 0 Å². The molecule has 0 bridgehead atoms. The Hall–Kier alpha value is -3.26. The Labute approximate surface area is 153 Å². The van der Waals surface area contributed by atoms with Gasteiger partial charge in [-0.1, -0.05) is 48.5 Å². The lowest BCUT2D eigenvalue weighted by molar-refractivity contribution is 0.415. The van der Waals surface area contributed by atoms with Crippen LogP contribution in [0, 0.1) is 0 Å². The van der Waals surface area contributed by atoms with Gasteiger partial charge in [0.2, 0.25) is 0 Å². The number of ether oxygens (including phenoxy) is 2. The zero-order valence-electron chi connectivity index (χ0n) is 14.9. The normalized spacial score (nSPS) is 10.7. The molecule has 128 valence electrons. The van der Waals surface area contributed by atoms with Gasteiger partial charge in [-0.2, -0.15) is 0 Å². The first-order valence-corrected chi connectivity index (χ1v) is 8.59. The lowest BCUT2D eigenvalue weighted by Crippen LogP contribution is -1.84. The van der Waals surface area contributed by atoms with Crippen LogP contribution < -0.4 is 9.47 Å². The van der Waals surface area contributed by atoms with Crippen molar-refractivity contribution >= 4 is 10.8 Å². The topological polar surface area (TPSA) is 18.5 Å². The highest BCUT2D eigenvalue weighted by Crippen LogP contribution is 2.30. The van der Waals surface area contributed by atoms with Crippen LogP contribution in [-0.2, 0) is 0 Å². The summed E-state index contributed by atoms with van der Waals surface area (Å²) in [5, 5.41) is 2.46. The molecule has 0 aliphatic heterocycles. The summed E-state index contributed by atoms with van der Waals surface area (Å²) in [6.07, 6.45) is 0. The van der Waals surface area contributed by atoms with Crippen LogP contribution in [0.2, 0.25) is 0 Å². The Balaban J connectivity index is 1.68. The van der Waals surface area contributed by atoms with E-state index >= 15 is 0 Å². The summed E-state index contributed by atoms with van der Waals surface area (Å²) in [5.74, 6) is 1.75. The fourth-order valence-electron chi connectivity index (χ4n) is 3.17. The van der Waals surface area contributed by atoms with Gasteiger partial charge < -0.3 is 9.47 Å². The number of hydrogen-bond acceptors (Lipinski definition) is 2. The molecule has 0 spiro atoms. The minimum absolute atomic E-state index is 0.874. The molecule has 0 aromatic heterocycles. The maximum atomic E-state index is 5.24. The van der Waals surface area contributed by atoms with Crippen LogP contribution in [-0.4, -0.2) is 14.2 Å². The predicted molar refractivity (Wildman–Crippen MR) is 108 cm³/mol. The average molecular weight is 340 g/mol.